The Morgan fingerprint density at radius 3 is 2.52 bits per heavy atom. The minimum Gasteiger partial charge on any atom is -0.492 e. The minimum atomic E-state index is -0.422. The predicted octanol–water partition coefficient (Wildman–Crippen LogP) is 3.64. The Balaban J connectivity index is 2.18. The van der Waals surface area contributed by atoms with E-state index in [1.165, 1.54) is 7.11 Å². The highest BCUT2D eigenvalue weighted by Crippen LogP contribution is 2.22. The van der Waals surface area contributed by atoms with Crippen molar-refractivity contribution in [2.24, 2.45) is 0 Å². The lowest BCUT2D eigenvalue weighted by molar-refractivity contribution is -0.143. The van der Waals surface area contributed by atoms with Gasteiger partial charge in [0.1, 0.15) is 18.3 Å². The fraction of sp³-hybridized carbons (Fsp3) is 0.278. The Kier molecular flexibility index (Phi) is 4.99. The van der Waals surface area contributed by atoms with E-state index >= 15 is 0 Å². The molecule has 2 aromatic rings. The molecule has 0 aliphatic rings. The van der Waals surface area contributed by atoms with Crippen molar-refractivity contribution in [3.05, 3.63) is 65.2 Å². The Morgan fingerprint density at radius 2 is 1.86 bits per heavy atom. The highest BCUT2D eigenvalue weighted by atomic mass is 16.5. The smallest absolute Gasteiger partial charge is 0.316 e. The SMILES string of the molecule is COC(=O)C(COc1ccccc1C)c1cccc(C)c1. The molecule has 0 spiro atoms. The molecule has 21 heavy (non-hydrogen) atoms. The summed E-state index contributed by atoms with van der Waals surface area (Å²) in [6.45, 7) is 4.25. The highest BCUT2D eigenvalue weighted by molar-refractivity contribution is 5.78. The number of methoxy groups -OCH3 is 1. The van der Waals surface area contributed by atoms with Crippen molar-refractivity contribution in [1.82, 2.24) is 0 Å². The van der Waals surface area contributed by atoms with Gasteiger partial charge in [-0.05, 0) is 31.0 Å². The third-order valence-corrected chi connectivity index (χ3v) is 3.43. The topological polar surface area (TPSA) is 35.5 Å². The minimum absolute atomic E-state index is 0.265. The molecule has 0 amide bonds. The third kappa shape index (κ3) is 3.85. The maximum absolute atomic E-state index is 12.0. The van der Waals surface area contributed by atoms with Crippen LogP contribution in [0.2, 0.25) is 0 Å². The van der Waals surface area contributed by atoms with Gasteiger partial charge in [0.2, 0.25) is 0 Å². The van der Waals surface area contributed by atoms with Crippen molar-refractivity contribution in [3.63, 3.8) is 0 Å². The molecule has 0 radical (unpaired) electrons. The van der Waals surface area contributed by atoms with Gasteiger partial charge in [-0.25, -0.2) is 0 Å². The maximum atomic E-state index is 12.0. The summed E-state index contributed by atoms with van der Waals surface area (Å²) >= 11 is 0. The molecule has 0 aliphatic heterocycles. The van der Waals surface area contributed by atoms with Crippen LogP contribution in [-0.4, -0.2) is 19.7 Å². The monoisotopic (exact) mass is 284 g/mol. The van der Waals surface area contributed by atoms with E-state index in [1.807, 2.05) is 62.4 Å². The molecule has 0 saturated carbocycles. The fourth-order valence-electron chi connectivity index (χ4n) is 2.22. The largest absolute Gasteiger partial charge is 0.492 e. The second-order valence-electron chi connectivity index (χ2n) is 5.07. The van der Waals surface area contributed by atoms with E-state index in [2.05, 4.69) is 0 Å². The fourth-order valence-corrected chi connectivity index (χ4v) is 2.22. The van der Waals surface area contributed by atoms with Crippen LogP contribution in [0, 0.1) is 13.8 Å². The van der Waals surface area contributed by atoms with Gasteiger partial charge in [0.15, 0.2) is 0 Å². The number of benzene rings is 2. The first-order valence-electron chi connectivity index (χ1n) is 6.94. The molecule has 0 saturated heterocycles. The number of carbonyl (C=O) groups is 1. The summed E-state index contributed by atoms with van der Waals surface area (Å²) in [6, 6.07) is 15.6. The number of esters is 1. The van der Waals surface area contributed by atoms with Crippen LogP contribution in [0.3, 0.4) is 0 Å². The molecule has 110 valence electrons. The second kappa shape index (κ2) is 6.93. The Bertz CT molecular complexity index is 619. The van der Waals surface area contributed by atoms with Crippen molar-refractivity contribution >= 4 is 5.97 Å². The average molecular weight is 284 g/mol. The van der Waals surface area contributed by atoms with E-state index in [1.54, 1.807) is 0 Å². The van der Waals surface area contributed by atoms with Gasteiger partial charge in [0.25, 0.3) is 0 Å². The first-order chi connectivity index (χ1) is 10.1. The molecule has 2 rings (SSSR count). The standard InChI is InChI=1S/C18H20O3/c1-13-7-6-9-15(11-13)16(18(19)20-3)12-21-17-10-5-4-8-14(17)2/h4-11,16H,12H2,1-3H3. The Morgan fingerprint density at radius 1 is 1.10 bits per heavy atom. The number of hydrogen-bond donors (Lipinski definition) is 0. The van der Waals surface area contributed by atoms with E-state index in [0.29, 0.717) is 0 Å². The van der Waals surface area contributed by atoms with Crippen LogP contribution in [0.1, 0.15) is 22.6 Å². The number of para-hydroxylation sites is 1. The normalized spacial score (nSPS) is 11.8. The maximum Gasteiger partial charge on any atom is 0.316 e. The van der Waals surface area contributed by atoms with Crippen LogP contribution in [0.15, 0.2) is 48.5 Å². The van der Waals surface area contributed by atoms with Gasteiger partial charge < -0.3 is 9.47 Å². The number of hydrogen-bond acceptors (Lipinski definition) is 3. The Hall–Kier alpha value is -2.29. The van der Waals surface area contributed by atoms with Gasteiger partial charge in [0, 0.05) is 0 Å². The summed E-state index contributed by atoms with van der Waals surface area (Å²) in [7, 11) is 1.40. The third-order valence-electron chi connectivity index (χ3n) is 3.43. The van der Waals surface area contributed by atoms with Crippen LogP contribution in [0.4, 0.5) is 0 Å². The molecule has 0 aliphatic carbocycles. The molecule has 2 aromatic carbocycles. The van der Waals surface area contributed by atoms with E-state index in [4.69, 9.17) is 9.47 Å². The van der Waals surface area contributed by atoms with Crippen LogP contribution >= 0.6 is 0 Å². The molecular formula is C18H20O3. The highest BCUT2D eigenvalue weighted by Gasteiger charge is 2.22. The zero-order valence-corrected chi connectivity index (χ0v) is 12.6. The summed E-state index contributed by atoms with van der Waals surface area (Å²) in [5.41, 5.74) is 3.07. The zero-order valence-electron chi connectivity index (χ0n) is 12.6. The average Bonchev–Trinajstić information content (AvgIpc) is 2.49. The predicted molar refractivity (Wildman–Crippen MR) is 82.6 cm³/mol. The molecular weight excluding hydrogens is 264 g/mol. The van der Waals surface area contributed by atoms with Gasteiger partial charge in [0.05, 0.1) is 7.11 Å². The lowest BCUT2D eigenvalue weighted by Gasteiger charge is -2.17. The molecule has 1 unspecified atom stereocenters. The van der Waals surface area contributed by atoms with Gasteiger partial charge in [-0.3, -0.25) is 4.79 Å². The molecule has 3 nitrogen and oxygen atoms in total. The number of ether oxygens (including phenoxy) is 2. The zero-order chi connectivity index (χ0) is 15.2. The summed E-state index contributed by atoms with van der Waals surface area (Å²) in [5, 5.41) is 0. The summed E-state index contributed by atoms with van der Waals surface area (Å²) in [6.07, 6.45) is 0. The molecule has 0 N–H and O–H groups in total. The van der Waals surface area contributed by atoms with Crippen LogP contribution in [-0.2, 0) is 9.53 Å². The first kappa shape index (κ1) is 15.1. The lowest BCUT2D eigenvalue weighted by atomic mass is 9.98. The van der Waals surface area contributed by atoms with Gasteiger partial charge in [-0.1, -0.05) is 48.0 Å². The van der Waals surface area contributed by atoms with Crippen molar-refractivity contribution in [3.8, 4) is 5.75 Å². The van der Waals surface area contributed by atoms with Crippen LogP contribution < -0.4 is 4.74 Å². The molecule has 0 fully saturated rings. The van der Waals surface area contributed by atoms with Crippen molar-refractivity contribution < 1.29 is 14.3 Å². The van der Waals surface area contributed by atoms with Crippen molar-refractivity contribution in [2.75, 3.05) is 13.7 Å². The molecule has 0 bridgehead atoms. The van der Waals surface area contributed by atoms with Gasteiger partial charge >= 0.3 is 5.97 Å². The van der Waals surface area contributed by atoms with E-state index in [9.17, 15) is 4.79 Å². The molecule has 1 atom stereocenters. The summed E-state index contributed by atoms with van der Waals surface area (Å²) in [5.74, 6) is 0.0859. The van der Waals surface area contributed by atoms with Crippen LogP contribution in [0.25, 0.3) is 0 Å². The lowest BCUT2D eigenvalue weighted by Crippen LogP contribution is -2.21. The van der Waals surface area contributed by atoms with E-state index in [0.717, 1.165) is 22.4 Å². The van der Waals surface area contributed by atoms with Crippen LogP contribution in [0.5, 0.6) is 5.75 Å². The summed E-state index contributed by atoms with van der Waals surface area (Å²) in [4.78, 5) is 12.0. The van der Waals surface area contributed by atoms with Gasteiger partial charge in [-0.2, -0.15) is 0 Å². The van der Waals surface area contributed by atoms with E-state index in [-0.39, 0.29) is 12.6 Å². The van der Waals surface area contributed by atoms with E-state index < -0.39 is 5.92 Å². The summed E-state index contributed by atoms with van der Waals surface area (Å²) < 4.78 is 10.7. The number of rotatable bonds is 5. The van der Waals surface area contributed by atoms with Crippen molar-refractivity contribution in [2.45, 2.75) is 19.8 Å². The molecule has 0 aromatic heterocycles. The number of aryl methyl sites for hydroxylation is 2. The van der Waals surface area contributed by atoms with Gasteiger partial charge in [-0.15, -0.1) is 0 Å². The first-order valence-corrected chi connectivity index (χ1v) is 6.94. The molecule has 0 heterocycles. The second-order valence-corrected chi connectivity index (χ2v) is 5.07. The number of carbonyl (C=O) groups excluding carboxylic acids is 1. The Labute approximate surface area is 125 Å². The van der Waals surface area contributed by atoms with Crippen molar-refractivity contribution in [1.29, 1.82) is 0 Å². The molecule has 3 heteroatoms. The quantitative estimate of drug-likeness (QED) is 0.786.